The van der Waals surface area contributed by atoms with Crippen LogP contribution in [0.2, 0.25) is 5.02 Å². The lowest BCUT2D eigenvalue weighted by Crippen LogP contribution is -2.07. The summed E-state index contributed by atoms with van der Waals surface area (Å²) in [6.07, 6.45) is 3.51. The average Bonchev–Trinajstić information content (AvgIpc) is 2.77. The molecule has 1 aromatic carbocycles. The molecule has 0 amide bonds. The van der Waals surface area contributed by atoms with Gasteiger partial charge in [0, 0.05) is 26.0 Å². The first-order chi connectivity index (χ1) is 8.70. The number of aromatic nitrogens is 2. The molecule has 0 saturated heterocycles. The van der Waals surface area contributed by atoms with Crippen molar-refractivity contribution in [1.29, 1.82) is 0 Å². The maximum Gasteiger partial charge on any atom is 0.207 e. The molecule has 0 atom stereocenters. The molecule has 1 N–H and O–H groups in total. The van der Waals surface area contributed by atoms with Crippen LogP contribution in [0, 0.1) is 5.82 Å². The summed E-state index contributed by atoms with van der Waals surface area (Å²) < 4.78 is 19.8. The Labute approximate surface area is 109 Å². The van der Waals surface area contributed by atoms with Crippen molar-refractivity contribution in [1.82, 2.24) is 9.55 Å². The molecule has 0 aliphatic rings. The van der Waals surface area contributed by atoms with Gasteiger partial charge in [-0.05, 0) is 18.2 Å². The van der Waals surface area contributed by atoms with Gasteiger partial charge in [-0.1, -0.05) is 11.6 Å². The number of hydrogen-bond donors (Lipinski definition) is 1. The van der Waals surface area contributed by atoms with Gasteiger partial charge in [0.25, 0.3) is 0 Å². The van der Waals surface area contributed by atoms with Crippen LogP contribution in [-0.2, 0) is 11.3 Å². The topological polar surface area (TPSA) is 39.1 Å². The van der Waals surface area contributed by atoms with Gasteiger partial charge in [0.1, 0.15) is 5.82 Å². The lowest BCUT2D eigenvalue weighted by atomic mass is 10.3. The average molecular weight is 270 g/mol. The molecular formula is C12H13ClFN3O. The third-order valence-corrected chi connectivity index (χ3v) is 2.74. The zero-order chi connectivity index (χ0) is 13.0. The van der Waals surface area contributed by atoms with Gasteiger partial charge in [0.2, 0.25) is 5.95 Å². The fourth-order valence-electron chi connectivity index (χ4n) is 1.51. The van der Waals surface area contributed by atoms with Crippen molar-refractivity contribution < 1.29 is 9.13 Å². The number of nitrogens with zero attached hydrogens (tertiary/aromatic N) is 2. The molecule has 0 spiro atoms. The maximum atomic E-state index is 12.9. The smallest absolute Gasteiger partial charge is 0.207 e. The van der Waals surface area contributed by atoms with Crippen LogP contribution in [0.15, 0.2) is 30.6 Å². The summed E-state index contributed by atoms with van der Waals surface area (Å²) >= 11 is 5.94. The first-order valence-electron chi connectivity index (χ1n) is 5.43. The molecule has 0 aliphatic heterocycles. The Balaban J connectivity index is 2.15. The predicted molar refractivity (Wildman–Crippen MR) is 68.8 cm³/mol. The molecule has 18 heavy (non-hydrogen) atoms. The zero-order valence-corrected chi connectivity index (χ0v) is 10.6. The Morgan fingerprint density at radius 1 is 1.50 bits per heavy atom. The number of imidazole rings is 1. The van der Waals surface area contributed by atoms with Crippen LogP contribution >= 0.6 is 11.6 Å². The van der Waals surface area contributed by atoms with E-state index in [4.69, 9.17) is 16.3 Å². The van der Waals surface area contributed by atoms with Crippen LogP contribution in [0.3, 0.4) is 0 Å². The van der Waals surface area contributed by atoms with E-state index in [9.17, 15) is 4.39 Å². The molecular weight excluding hydrogens is 257 g/mol. The first kappa shape index (κ1) is 12.9. The van der Waals surface area contributed by atoms with Gasteiger partial charge < -0.3 is 14.6 Å². The van der Waals surface area contributed by atoms with Gasteiger partial charge in [-0.25, -0.2) is 9.37 Å². The quantitative estimate of drug-likeness (QED) is 0.907. The first-order valence-corrected chi connectivity index (χ1v) is 5.80. The Morgan fingerprint density at radius 3 is 3.06 bits per heavy atom. The minimum Gasteiger partial charge on any atom is -0.383 e. The Kier molecular flexibility index (Phi) is 4.17. The number of nitrogens with one attached hydrogen (secondary N) is 1. The van der Waals surface area contributed by atoms with E-state index in [-0.39, 0.29) is 5.82 Å². The third-order valence-electron chi connectivity index (χ3n) is 2.43. The van der Waals surface area contributed by atoms with Crippen molar-refractivity contribution in [3.8, 4) is 0 Å². The lowest BCUT2D eigenvalue weighted by Gasteiger charge is -2.10. The van der Waals surface area contributed by atoms with Crippen molar-refractivity contribution in [2.75, 3.05) is 19.0 Å². The highest BCUT2D eigenvalue weighted by atomic mass is 35.5. The molecule has 4 nitrogen and oxygen atoms in total. The van der Waals surface area contributed by atoms with Crippen LogP contribution in [-0.4, -0.2) is 23.3 Å². The maximum absolute atomic E-state index is 12.9. The van der Waals surface area contributed by atoms with E-state index in [1.54, 1.807) is 19.4 Å². The van der Waals surface area contributed by atoms with E-state index >= 15 is 0 Å². The molecule has 6 heteroatoms. The molecule has 0 radical (unpaired) electrons. The Morgan fingerprint density at radius 2 is 2.33 bits per heavy atom. The summed E-state index contributed by atoms with van der Waals surface area (Å²) in [6.45, 7) is 1.26. The van der Waals surface area contributed by atoms with Crippen molar-refractivity contribution in [3.05, 3.63) is 41.4 Å². The van der Waals surface area contributed by atoms with Gasteiger partial charge in [-0.2, -0.15) is 0 Å². The van der Waals surface area contributed by atoms with E-state index in [2.05, 4.69) is 10.3 Å². The highest BCUT2D eigenvalue weighted by molar-refractivity contribution is 6.33. The molecule has 2 rings (SSSR count). The second-order valence-corrected chi connectivity index (χ2v) is 4.09. The van der Waals surface area contributed by atoms with E-state index in [0.717, 1.165) is 0 Å². The number of benzene rings is 1. The number of methoxy groups -OCH3 is 1. The molecule has 0 saturated carbocycles. The van der Waals surface area contributed by atoms with Crippen molar-refractivity contribution in [2.24, 2.45) is 0 Å². The van der Waals surface area contributed by atoms with Crippen LogP contribution in [0.25, 0.3) is 0 Å². The monoisotopic (exact) mass is 269 g/mol. The Bertz CT molecular complexity index is 530. The van der Waals surface area contributed by atoms with Crippen LogP contribution < -0.4 is 5.32 Å². The van der Waals surface area contributed by atoms with Crippen LogP contribution in [0.1, 0.15) is 0 Å². The Hall–Kier alpha value is -1.59. The van der Waals surface area contributed by atoms with Gasteiger partial charge in [0.15, 0.2) is 0 Å². The second-order valence-electron chi connectivity index (χ2n) is 3.69. The summed E-state index contributed by atoms with van der Waals surface area (Å²) in [6, 6.07) is 4.18. The summed E-state index contributed by atoms with van der Waals surface area (Å²) in [4.78, 5) is 4.17. The molecule has 0 bridgehead atoms. The number of anilines is 2. The van der Waals surface area contributed by atoms with Gasteiger partial charge in [0.05, 0.1) is 17.3 Å². The molecule has 1 heterocycles. The molecule has 0 fully saturated rings. The number of halogens is 2. The van der Waals surface area contributed by atoms with Crippen molar-refractivity contribution in [2.45, 2.75) is 6.54 Å². The summed E-state index contributed by atoms with van der Waals surface area (Å²) in [5.74, 6) is 0.272. The fraction of sp³-hybridized carbons (Fsp3) is 0.250. The van der Waals surface area contributed by atoms with E-state index in [1.165, 1.54) is 12.1 Å². The zero-order valence-electron chi connectivity index (χ0n) is 9.86. The summed E-state index contributed by atoms with van der Waals surface area (Å²) in [5.41, 5.74) is 0.614. The minimum atomic E-state index is -0.367. The largest absolute Gasteiger partial charge is 0.383 e. The van der Waals surface area contributed by atoms with Crippen molar-refractivity contribution in [3.63, 3.8) is 0 Å². The fourth-order valence-corrected chi connectivity index (χ4v) is 1.73. The van der Waals surface area contributed by atoms with Gasteiger partial charge >= 0.3 is 0 Å². The van der Waals surface area contributed by atoms with Gasteiger partial charge in [-0.15, -0.1) is 0 Å². The molecule has 0 unspecified atom stereocenters. The summed E-state index contributed by atoms with van der Waals surface area (Å²) in [5, 5.41) is 3.37. The van der Waals surface area contributed by atoms with Crippen LogP contribution in [0.5, 0.6) is 0 Å². The third kappa shape index (κ3) is 3.00. The second kappa shape index (κ2) is 5.84. The number of rotatable bonds is 5. The lowest BCUT2D eigenvalue weighted by molar-refractivity contribution is 0.188. The molecule has 1 aromatic heterocycles. The standard InChI is InChI=1S/C12H13ClFN3O/c1-18-7-6-17-5-4-15-12(17)16-11-3-2-9(14)8-10(11)13/h2-5,8H,6-7H2,1H3,(H,15,16). The SMILES string of the molecule is COCCn1ccnc1Nc1ccc(F)cc1Cl. The predicted octanol–water partition coefficient (Wildman–Crippen LogP) is 3.07. The summed E-state index contributed by atoms with van der Waals surface area (Å²) in [7, 11) is 1.64. The normalized spacial score (nSPS) is 10.6. The molecule has 96 valence electrons. The van der Waals surface area contributed by atoms with E-state index in [1.807, 2.05) is 10.8 Å². The van der Waals surface area contributed by atoms with Gasteiger partial charge in [-0.3, -0.25) is 0 Å². The number of hydrogen-bond acceptors (Lipinski definition) is 3. The number of ether oxygens (including phenoxy) is 1. The van der Waals surface area contributed by atoms with Crippen molar-refractivity contribution >= 4 is 23.2 Å². The highest BCUT2D eigenvalue weighted by Gasteiger charge is 2.06. The molecule has 2 aromatic rings. The van der Waals surface area contributed by atoms with E-state index < -0.39 is 0 Å². The molecule has 0 aliphatic carbocycles. The highest BCUT2D eigenvalue weighted by Crippen LogP contribution is 2.25. The van der Waals surface area contributed by atoms with Crippen LogP contribution in [0.4, 0.5) is 16.0 Å². The minimum absolute atomic E-state index is 0.316. The van der Waals surface area contributed by atoms with E-state index in [0.29, 0.717) is 29.8 Å².